The number of hydrogen-bond acceptors (Lipinski definition) is 3. The molecule has 1 atom stereocenters. The molecule has 4 heteroatoms. The quantitative estimate of drug-likeness (QED) is 0.905. The van der Waals surface area contributed by atoms with Crippen LogP contribution in [0.1, 0.15) is 26.2 Å². The van der Waals surface area contributed by atoms with E-state index < -0.39 is 0 Å². The van der Waals surface area contributed by atoms with Gasteiger partial charge in [-0.25, -0.2) is 4.98 Å². The van der Waals surface area contributed by atoms with E-state index in [2.05, 4.69) is 51.4 Å². The number of anilines is 1. The Morgan fingerprint density at radius 2 is 2.10 bits per heavy atom. The summed E-state index contributed by atoms with van der Waals surface area (Å²) in [6, 6.07) is 9.21. The van der Waals surface area contributed by atoms with Crippen LogP contribution in [0, 0.1) is 0 Å². The van der Waals surface area contributed by atoms with Crippen LogP contribution in [-0.2, 0) is 0 Å². The van der Waals surface area contributed by atoms with Crippen LogP contribution >= 0.6 is 0 Å². The molecular formula is C17H24N4. The molecule has 0 spiro atoms. The molecule has 0 aliphatic carbocycles. The highest BCUT2D eigenvalue weighted by Gasteiger charge is 2.15. The van der Waals surface area contributed by atoms with Crippen LogP contribution in [-0.4, -0.2) is 40.5 Å². The fourth-order valence-electron chi connectivity index (χ4n) is 3.01. The van der Waals surface area contributed by atoms with Gasteiger partial charge in [0.05, 0.1) is 18.2 Å². The lowest BCUT2D eigenvalue weighted by Gasteiger charge is -2.19. The molecule has 0 radical (unpaired) electrons. The fourth-order valence-corrected chi connectivity index (χ4v) is 3.01. The molecule has 1 aliphatic heterocycles. The second kappa shape index (κ2) is 6.76. The number of nitrogens with one attached hydrogen (secondary N) is 2. The minimum Gasteiger partial charge on any atom is -0.382 e. The third-order valence-electron chi connectivity index (χ3n) is 4.33. The van der Waals surface area contributed by atoms with Crippen LogP contribution < -0.4 is 5.32 Å². The Morgan fingerprint density at radius 1 is 1.24 bits per heavy atom. The Kier molecular flexibility index (Phi) is 4.55. The molecule has 2 N–H and O–H groups in total. The zero-order valence-corrected chi connectivity index (χ0v) is 12.7. The number of aromatic nitrogens is 2. The van der Waals surface area contributed by atoms with Gasteiger partial charge < -0.3 is 15.2 Å². The SMILES string of the molecule is CCN1CCCC(Nc2ccc(-c3cnc[nH]3)cc2)CC1. The van der Waals surface area contributed by atoms with E-state index in [0.717, 1.165) is 5.69 Å². The molecule has 21 heavy (non-hydrogen) atoms. The van der Waals surface area contributed by atoms with Crippen LogP contribution in [0.5, 0.6) is 0 Å². The van der Waals surface area contributed by atoms with E-state index in [0.29, 0.717) is 6.04 Å². The van der Waals surface area contributed by atoms with Gasteiger partial charge in [0, 0.05) is 18.3 Å². The predicted octanol–water partition coefficient (Wildman–Crippen LogP) is 3.36. The number of H-pyrrole nitrogens is 1. The molecule has 2 aromatic rings. The Labute approximate surface area is 126 Å². The maximum absolute atomic E-state index is 4.06. The Balaban J connectivity index is 1.60. The van der Waals surface area contributed by atoms with Crippen LogP contribution in [0.4, 0.5) is 5.69 Å². The Bertz CT molecular complexity index is 532. The normalized spacial score (nSPS) is 20.1. The van der Waals surface area contributed by atoms with Gasteiger partial charge in [-0.1, -0.05) is 19.1 Å². The van der Waals surface area contributed by atoms with Crippen molar-refractivity contribution in [2.24, 2.45) is 0 Å². The highest BCUT2D eigenvalue weighted by molar-refractivity contribution is 5.62. The van der Waals surface area contributed by atoms with E-state index in [9.17, 15) is 0 Å². The first-order valence-corrected chi connectivity index (χ1v) is 7.93. The summed E-state index contributed by atoms with van der Waals surface area (Å²) in [6.45, 7) is 5.88. The van der Waals surface area contributed by atoms with Crippen molar-refractivity contribution in [3.8, 4) is 11.3 Å². The number of nitrogens with zero attached hydrogens (tertiary/aromatic N) is 2. The first-order chi connectivity index (χ1) is 10.3. The standard InChI is InChI=1S/C17H24N4/c1-2-21-10-3-4-15(9-11-21)20-16-7-5-14(6-8-16)17-12-18-13-19-17/h5-8,12-13,15,20H,2-4,9-11H2,1H3,(H,18,19). The topological polar surface area (TPSA) is 44.0 Å². The molecule has 0 saturated carbocycles. The monoisotopic (exact) mass is 284 g/mol. The van der Waals surface area contributed by atoms with Crippen molar-refractivity contribution in [2.45, 2.75) is 32.2 Å². The van der Waals surface area contributed by atoms with Gasteiger partial charge in [-0.3, -0.25) is 0 Å². The van der Waals surface area contributed by atoms with Crippen molar-refractivity contribution in [1.29, 1.82) is 0 Å². The van der Waals surface area contributed by atoms with Gasteiger partial charge in [-0.15, -0.1) is 0 Å². The lowest BCUT2D eigenvalue weighted by molar-refractivity contribution is 0.300. The smallest absolute Gasteiger partial charge is 0.0924 e. The molecule has 0 amide bonds. The number of aromatic amines is 1. The highest BCUT2D eigenvalue weighted by Crippen LogP contribution is 2.21. The lowest BCUT2D eigenvalue weighted by Crippen LogP contribution is -2.26. The first-order valence-electron chi connectivity index (χ1n) is 7.93. The summed E-state index contributed by atoms with van der Waals surface area (Å²) in [5, 5.41) is 3.69. The number of imidazole rings is 1. The van der Waals surface area contributed by atoms with Gasteiger partial charge in [0.1, 0.15) is 0 Å². The molecule has 112 valence electrons. The molecule has 4 nitrogen and oxygen atoms in total. The second-order valence-electron chi connectivity index (χ2n) is 5.75. The molecule has 1 fully saturated rings. The summed E-state index contributed by atoms with van der Waals surface area (Å²) >= 11 is 0. The van der Waals surface area contributed by atoms with Crippen LogP contribution in [0.3, 0.4) is 0 Å². The second-order valence-corrected chi connectivity index (χ2v) is 5.75. The molecule has 1 saturated heterocycles. The Hall–Kier alpha value is -1.81. The highest BCUT2D eigenvalue weighted by atomic mass is 15.1. The van der Waals surface area contributed by atoms with E-state index in [-0.39, 0.29) is 0 Å². The van der Waals surface area contributed by atoms with Gasteiger partial charge in [0.25, 0.3) is 0 Å². The summed E-state index contributed by atoms with van der Waals surface area (Å²) in [6.07, 6.45) is 7.35. The number of likely N-dealkylation sites (tertiary alicyclic amines) is 1. The summed E-state index contributed by atoms with van der Waals surface area (Å²) in [4.78, 5) is 9.75. The number of hydrogen-bond donors (Lipinski definition) is 2. The number of benzene rings is 1. The zero-order chi connectivity index (χ0) is 14.5. The van der Waals surface area contributed by atoms with Crippen LogP contribution in [0.2, 0.25) is 0 Å². The number of rotatable bonds is 4. The van der Waals surface area contributed by atoms with Crippen molar-refractivity contribution >= 4 is 5.69 Å². The summed E-state index contributed by atoms with van der Waals surface area (Å²) < 4.78 is 0. The molecule has 2 heterocycles. The molecule has 1 unspecified atom stereocenters. The van der Waals surface area contributed by atoms with E-state index in [1.165, 1.54) is 50.1 Å². The molecular weight excluding hydrogens is 260 g/mol. The van der Waals surface area contributed by atoms with Gasteiger partial charge in [-0.05, 0) is 50.0 Å². The van der Waals surface area contributed by atoms with Crippen molar-refractivity contribution in [3.63, 3.8) is 0 Å². The molecule has 1 aliphatic rings. The van der Waals surface area contributed by atoms with E-state index >= 15 is 0 Å². The van der Waals surface area contributed by atoms with Crippen LogP contribution in [0.25, 0.3) is 11.3 Å². The van der Waals surface area contributed by atoms with E-state index in [1.54, 1.807) is 6.33 Å². The lowest BCUT2D eigenvalue weighted by atomic mass is 10.1. The molecule has 1 aromatic heterocycles. The van der Waals surface area contributed by atoms with Gasteiger partial charge >= 0.3 is 0 Å². The third-order valence-corrected chi connectivity index (χ3v) is 4.33. The summed E-state index contributed by atoms with van der Waals surface area (Å²) in [7, 11) is 0. The minimum atomic E-state index is 0.597. The summed E-state index contributed by atoms with van der Waals surface area (Å²) in [5.74, 6) is 0. The largest absolute Gasteiger partial charge is 0.382 e. The van der Waals surface area contributed by atoms with Crippen LogP contribution in [0.15, 0.2) is 36.8 Å². The van der Waals surface area contributed by atoms with E-state index in [1.807, 2.05) is 6.20 Å². The van der Waals surface area contributed by atoms with Gasteiger partial charge in [0.15, 0.2) is 0 Å². The Morgan fingerprint density at radius 3 is 2.81 bits per heavy atom. The average molecular weight is 284 g/mol. The van der Waals surface area contributed by atoms with Gasteiger partial charge in [-0.2, -0.15) is 0 Å². The van der Waals surface area contributed by atoms with Gasteiger partial charge in [0.2, 0.25) is 0 Å². The molecule has 1 aromatic carbocycles. The predicted molar refractivity (Wildman–Crippen MR) is 87.4 cm³/mol. The van der Waals surface area contributed by atoms with E-state index in [4.69, 9.17) is 0 Å². The maximum Gasteiger partial charge on any atom is 0.0924 e. The molecule has 3 rings (SSSR count). The fraction of sp³-hybridized carbons (Fsp3) is 0.471. The average Bonchev–Trinajstić information content (AvgIpc) is 2.96. The summed E-state index contributed by atoms with van der Waals surface area (Å²) in [5.41, 5.74) is 3.46. The van der Waals surface area contributed by atoms with Crippen molar-refractivity contribution in [2.75, 3.05) is 25.0 Å². The first kappa shape index (κ1) is 14.1. The maximum atomic E-state index is 4.06. The molecule has 0 bridgehead atoms. The van der Waals surface area contributed by atoms with Crippen molar-refractivity contribution in [1.82, 2.24) is 14.9 Å². The zero-order valence-electron chi connectivity index (χ0n) is 12.7. The van der Waals surface area contributed by atoms with Crippen molar-refractivity contribution < 1.29 is 0 Å². The minimum absolute atomic E-state index is 0.597. The van der Waals surface area contributed by atoms with Crippen molar-refractivity contribution in [3.05, 3.63) is 36.8 Å². The third kappa shape index (κ3) is 3.64.